The minimum atomic E-state index is -5.14. The second kappa shape index (κ2) is 10.8. The van der Waals surface area contributed by atoms with Crippen LogP contribution < -0.4 is 16.0 Å². The summed E-state index contributed by atoms with van der Waals surface area (Å²) in [7, 11) is 0. The number of rotatable bonds is 6. The second-order valence-corrected chi connectivity index (χ2v) is 10.2. The van der Waals surface area contributed by atoms with Gasteiger partial charge in [0.25, 0.3) is 11.5 Å². The smallest absolute Gasteiger partial charge is 0.437 e. The van der Waals surface area contributed by atoms with Crippen molar-refractivity contribution in [1.29, 1.82) is 0 Å². The normalized spacial score (nSPS) is 13.4. The highest BCUT2D eigenvalue weighted by Gasteiger charge is 2.60. The van der Waals surface area contributed by atoms with Gasteiger partial charge in [-0.2, -0.15) is 13.2 Å². The van der Waals surface area contributed by atoms with Gasteiger partial charge in [0.2, 0.25) is 0 Å². The lowest BCUT2D eigenvalue weighted by Crippen LogP contribution is -2.55. The maximum Gasteiger partial charge on any atom is 0.437 e. The number of benzene rings is 2. The number of urea groups is 1. The van der Waals surface area contributed by atoms with Gasteiger partial charge in [-0.3, -0.25) is 9.59 Å². The molecule has 0 aliphatic carbocycles. The van der Waals surface area contributed by atoms with E-state index in [1.54, 1.807) is 30.3 Å². The van der Waals surface area contributed by atoms with Gasteiger partial charge < -0.3 is 20.7 Å². The summed E-state index contributed by atoms with van der Waals surface area (Å²) in [5, 5.41) is 7.58. The first-order valence-electron chi connectivity index (χ1n) is 10.2. The molecule has 0 aliphatic heterocycles. The molecule has 0 radical (unpaired) electrons. The summed E-state index contributed by atoms with van der Waals surface area (Å²) in [6, 6.07) is 11.0. The van der Waals surface area contributed by atoms with Gasteiger partial charge in [-0.25, -0.2) is 4.79 Å². The van der Waals surface area contributed by atoms with Crippen molar-refractivity contribution in [2.75, 3.05) is 10.6 Å². The number of carbonyl (C=O) groups is 3. The third-order valence-electron chi connectivity index (χ3n) is 4.35. The number of alkyl halides is 3. The monoisotopic (exact) mass is 531 g/mol. The molecule has 0 aliphatic rings. The standard InChI is InChI=1S/C23H25ClF3N3O4S/c1-13(31)34-22(5,23(25,26)27)19(32)29-18-11-10-16(12-17(18)24)35-15-8-6-14(7-9-15)28-20(33)30-21(2,3)4/h6-12H,1-5H3,(H,29,32)(H2,28,30,33)/t22-/m1/s1. The topological polar surface area (TPSA) is 96.5 Å². The van der Waals surface area contributed by atoms with Crippen LogP contribution in [-0.4, -0.2) is 35.2 Å². The molecule has 0 aromatic heterocycles. The van der Waals surface area contributed by atoms with E-state index in [-0.39, 0.29) is 22.3 Å². The summed E-state index contributed by atoms with van der Waals surface area (Å²) in [6.45, 7) is 6.83. The van der Waals surface area contributed by atoms with Crippen molar-refractivity contribution in [2.45, 2.75) is 61.7 Å². The Morgan fingerprint density at radius 1 is 0.914 bits per heavy atom. The van der Waals surface area contributed by atoms with Gasteiger partial charge in [0.05, 0.1) is 10.7 Å². The molecule has 2 rings (SSSR count). The van der Waals surface area contributed by atoms with E-state index >= 15 is 0 Å². The molecule has 190 valence electrons. The Balaban J connectivity index is 2.09. The fourth-order valence-corrected chi connectivity index (χ4v) is 3.82. The lowest BCUT2D eigenvalue weighted by molar-refractivity contribution is -0.253. The Morgan fingerprint density at radius 3 is 1.97 bits per heavy atom. The zero-order valence-corrected chi connectivity index (χ0v) is 21.2. The summed E-state index contributed by atoms with van der Waals surface area (Å²) in [4.78, 5) is 36.9. The Morgan fingerprint density at radius 2 is 1.49 bits per heavy atom. The summed E-state index contributed by atoms with van der Waals surface area (Å²) in [5.41, 5.74) is -3.24. The average Bonchev–Trinajstić information content (AvgIpc) is 2.68. The molecule has 35 heavy (non-hydrogen) atoms. The van der Waals surface area contributed by atoms with Gasteiger partial charge in [-0.1, -0.05) is 23.4 Å². The highest BCUT2D eigenvalue weighted by atomic mass is 35.5. The van der Waals surface area contributed by atoms with Crippen molar-refractivity contribution in [1.82, 2.24) is 5.32 Å². The van der Waals surface area contributed by atoms with Gasteiger partial charge in [0, 0.05) is 27.9 Å². The van der Waals surface area contributed by atoms with Crippen molar-refractivity contribution in [3.63, 3.8) is 0 Å². The Kier molecular flexibility index (Phi) is 8.72. The number of hydrogen-bond donors (Lipinski definition) is 3. The van der Waals surface area contributed by atoms with E-state index in [1.165, 1.54) is 23.9 Å². The number of anilines is 2. The molecule has 3 amide bonds. The van der Waals surface area contributed by atoms with Gasteiger partial charge in [0.1, 0.15) is 0 Å². The minimum absolute atomic E-state index is 0.00663. The van der Waals surface area contributed by atoms with Gasteiger partial charge in [0.15, 0.2) is 0 Å². The highest BCUT2D eigenvalue weighted by molar-refractivity contribution is 7.99. The lowest BCUT2D eigenvalue weighted by atomic mass is 10.0. The fourth-order valence-electron chi connectivity index (χ4n) is 2.67. The summed E-state index contributed by atoms with van der Waals surface area (Å²) in [5.74, 6) is -2.84. The molecule has 2 aromatic rings. The van der Waals surface area contributed by atoms with Crippen molar-refractivity contribution >= 4 is 52.6 Å². The first-order chi connectivity index (χ1) is 16.0. The van der Waals surface area contributed by atoms with Crippen LogP contribution in [0.25, 0.3) is 0 Å². The van der Waals surface area contributed by atoms with Crippen LogP contribution in [0.2, 0.25) is 5.02 Å². The van der Waals surface area contributed by atoms with Crippen LogP contribution in [0.15, 0.2) is 52.3 Å². The minimum Gasteiger partial charge on any atom is -0.439 e. The van der Waals surface area contributed by atoms with E-state index in [2.05, 4.69) is 20.7 Å². The zero-order chi connectivity index (χ0) is 26.6. The maximum absolute atomic E-state index is 13.4. The number of hydrogen-bond acceptors (Lipinski definition) is 5. The molecule has 3 N–H and O–H groups in total. The number of amides is 3. The first kappa shape index (κ1) is 28.3. The number of nitrogens with one attached hydrogen (secondary N) is 3. The van der Waals surface area contributed by atoms with Crippen LogP contribution in [0.5, 0.6) is 0 Å². The van der Waals surface area contributed by atoms with Crippen LogP contribution in [0.1, 0.15) is 34.6 Å². The third-order valence-corrected chi connectivity index (χ3v) is 5.66. The molecule has 0 saturated heterocycles. The Hall–Kier alpha value is -2.92. The summed E-state index contributed by atoms with van der Waals surface area (Å²) >= 11 is 7.48. The van der Waals surface area contributed by atoms with Crippen molar-refractivity contribution in [2.24, 2.45) is 0 Å². The van der Waals surface area contributed by atoms with Gasteiger partial charge in [-0.05, 0) is 70.2 Å². The van der Waals surface area contributed by atoms with Crippen LogP contribution in [0.4, 0.5) is 29.3 Å². The number of halogens is 4. The Bertz CT molecular complexity index is 1100. The van der Waals surface area contributed by atoms with E-state index in [4.69, 9.17) is 11.6 Å². The second-order valence-electron chi connectivity index (χ2n) is 8.68. The first-order valence-corrected chi connectivity index (χ1v) is 11.4. The number of esters is 1. The molecule has 7 nitrogen and oxygen atoms in total. The average molecular weight is 532 g/mol. The molecule has 0 bridgehead atoms. The largest absolute Gasteiger partial charge is 0.439 e. The predicted octanol–water partition coefficient (Wildman–Crippen LogP) is 6.23. The van der Waals surface area contributed by atoms with E-state index < -0.39 is 23.7 Å². The molecule has 0 fully saturated rings. The molecule has 1 atom stereocenters. The zero-order valence-electron chi connectivity index (χ0n) is 19.6. The molecule has 2 aromatic carbocycles. The Labute approximate surface area is 210 Å². The highest BCUT2D eigenvalue weighted by Crippen LogP contribution is 2.37. The molecule has 12 heteroatoms. The van der Waals surface area contributed by atoms with E-state index in [1.807, 2.05) is 20.8 Å². The quantitative estimate of drug-likeness (QED) is 0.384. The lowest BCUT2D eigenvalue weighted by Gasteiger charge is -2.29. The predicted molar refractivity (Wildman–Crippen MR) is 129 cm³/mol. The SMILES string of the molecule is CC(=O)O[C@](C)(C(=O)Nc1ccc(Sc2ccc(NC(=O)NC(C)(C)C)cc2)cc1Cl)C(F)(F)F. The van der Waals surface area contributed by atoms with Crippen LogP contribution in [-0.2, 0) is 14.3 Å². The van der Waals surface area contributed by atoms with Crippen molar-refractivity contribution < 1.29 is 32.3 Å². The molecule has 0 unspecified atom stereocenters. The van der Waals surface area contributed by atoms with E-state index in [0.29, 0.717) is 17.5 Å². The molecular formula is C23H25ClF3N3O4S. The number of ether oxygens (including phenoxy) is 1. The van der Waals surface area contributed by atoms with Gasteiger partial charge >= 0.3 is 18.2 Å². The molecule has 0 saturated carbocycles. The molecule has 0 heterocycles. The van der Waals surface area contributed by atoms with Crippen LogP contribution in [0.3, 0.4) is 0 Å². The summed E-state index contributed by atoms with van der Waals surface area (Å²) < 4.78 is 44.5. The molecular weight excluding hydrogens is 507 g/mol. The van der Waals surface area contributed by atoms with Gasteiger partial charge in [-0.15, -0.1) is 0 Å². The maximum atomic E-state index is 13.4. The third kappa shape index (κ3) is 8.07. The van der Waals surface area contributed by atoms with Crippen LogP contribution in [0, 0.1) is 0 Å². The van der Waals surface area contributed by atoms with Crippen molar-refractivity contribution in [3.8, 4) is 0 Å². The van der Waals surface area contributed by atoms with E-state index in [0.717, 1.165) is 11.8 Å². The van der Waals surface area contributed by atoms with E-state index in [9.17, 15) is 27.6 Å². The van der Waals surface area contributed by atoms with Crippen LogP contribution >= 0.6 is 23.4 Å². The molecule has 0 spiro atoms. The number of carbonyl (C=O) groups excluding carboxylic acids is 3. The fraction of sp³-hybridized carbons (Fsp3) is 0.348. The van der Waals surface area contributed by atoms with Crippen molar-refractivity contribution in [3.05, 3.63) is 47.5 Å². The summed E-state index contributed by atoms with van der Waals surface area (Å²) in [6.07, 6.45) is -5.14.